The number of H-pyrrole nitrogens is 1. The molecule has 0 amide bonds. The van der Waals surface area contributed by atoms with Crippen molar-refractivity contribution in [3.8, 4) is 22.5 Å². The maximum absolute atomic E-state index is 5.48. The number of aromatic nitrogens is 3. The first kappa shape index (κ1) is 14.6. The van der Waals surface area contributed by atoms with E-state index >= 15 is 0 Å². The molecule has 0 aliphatic carbocycles. The number of nitrogens with one attached hydrogen (secondary N) is 1. The van der Waals surface area contributed by atoms with E-state index in [4.69, 9.17) is 12.2 Å². The van der Waals surface area contributed by atoms with Crippen LogP contribution in [0.2, 0.25) is 0 Å². The summed E-state index contributed by atoms with van der Waals surface area (Å²) >= 11 is 7.85. The van der Waals surface area contributed by atoms with Crippen molar-refractivity contribution in [2.75, 3.05) is 0 Å². The topological polar surface area (TPSA) is 33.1 Å². The molecule has 0 saturated heterocycles. The second-order valence-corrected chi connectivity index (χ2v) is 6.62. The van der Waals surface area contributed by atoms with Gasteiger partial charge in [-0.3, -0.25) is 5.10 Å². The first-order chi connectivity index (χ1) is 11.2. The molecule has 112 valence electrons. The van der Waals surface area contributed by atoms with Gasteiger partial charge in [0, 0.05) is 11.1 Å². The molecule has 4 aromatic rings. The molecule has 4 rings (SSSR count). The van der Waals surface area contributed by atoms with Gasteiger partial charge in [-0.05, 0) is 40.9 Å². The van der Waals surface area contributed by atoms with E-state index in [2.05, 4.69) is 50.9 Å². The van der Waals surface area contributed by atoms with Crippen LogP contribution in [-0.4, -0.2) is 14.6 Å². The smallest absolute Gasteiger partial charge is 0.219 e. The lowest BCUT2D eigenvalue weighted by Crippen LogP contribution is -1.95. The maximum Gasteiger partial charge on any atom is 0.219 e. The van der Waals surface area contributed by atoms with Crippen LogP contribution in [0.5, 0.6) is 0 Å². The van der Waals surface area contributed by atoms with Crippen LogP contribution in [0, 0.1) is 8.34 Å². The Kier molecular flexibility index (Phi) is 3.74. The lowest BCUT2D eigenvalue weighted by Gasteiger charge is -2.02. The second kappa shape index (κ2) is 5.90. The van der Waals surface area contributed by atoms with Gasteiger partial charge in [-0.1, -0.05) is 60.7 Å². The van der Waals surface area contributed by atoms with Crippen molar-refractivity contribution in [1.82, 2.24) is 14.6 Å². The monoisotopic (exact) mass is 429 g/mol. The molecule has 1 N–H and O–H groups in total. The average Bonchev–Trinajstić information content (AvgIpc) is 2.94. The number of fused-ring (bicyclic) bond motifs is 1. The molecule has 2 heterocycles. The molecular weight excluding hydrogens is 417 g/mol. The fourth-order valence-corrected chi connectivity index (χ4v) is 3.67. The van der Waals surface area contributed by atoms with Crippen LogP contribution in [0.3, 0.4) is 0 Å². The summed E-state index contributed by atoms with van der Waals surface area (Å²) in [6, 6.07) is 22.4. The second-order valence-electron chi connectivity index (χ2n) is 5.18. The molecule has 2 aromatic carbocycles. The lowest BCUT2D eigenvalue weighted by molar-refractivity contribution is 0.907. The first-order valence-corrected chi connectivity index (χ1v) is 8.65. The Morgan fingerprint density at radius 3 is 2.17 bits per heavy atom. The van der Waals surface area contributed by atoms with Crippen molar-refractivity contribution in [2.24, 2.45) is 0 Å². The van der Waals surface area contributed by atoms with Gasteiger partial charge in [0.2, 0.25) is 4.77 Å². The molecule has 0 aliphatic rings. The minimum atomic E-state index is 0.529. The van der Waals surface area contributed by atoms with Gasteiger partial charge < -0.3 is 0 Å². The molecule has 2 aromatic heterocycles. The fraction of sp³-hybridized carbons (Fsp3) is 0. The number of rotatable bonds is 2. The van der Waals surface area contributed by atoms with E-state index in [9.17, 15) is 0 Å². The van der Waals surface area contributed by atoms with Gasteiger partial charge in [0.05, 0.1) is 20.5 Å². The highest BCUT2D eigenvalue weighted by Gasteiger charge is 2.13. The van der Waals surface area contributed by atoms with E-state index in [1.54, 1.807) is 0 Å². The van der Waals surface area contributed by atoms with Crippen molar-refractivity contribution in [1.29, 1.82) is 0 Å². The number of aromatic amines is 1. The summed E-state index contributed by atoms with van der Waals surface area (Å²) in [7, 11) is 0. The van der Waals surface area contributed by atoms with E-state index in [1.807, 2.05) is 53.0 Å². The standard InChI is InChI=1S/C18H12IN3S/c19-16-15-11-14(12-7-3-1-4-8-12)20-18(23)22(15)21-17(16)13-9-5-2-6-10-13/h1-11,21H. The normalized spacial score (nSPS) is 11.0. The van der Waals surface area contributed by atoms with Gasteiger partial charge in [-0.25, -0.2) is 9.50 Å². The molecule has 0 unspecified atom stereocenters. The van der Waals surface area contributed by atoms with Crippen molar-refractivity contribution in [2.45, 2.75) is 0 Å². The van der Waals surface area contributed by atoms with Crippen LogP contribution in [-0.2, 0) is 0 Å². The molecule has 5 heteroatoms. The quantitative estimate of drug-likeness (QED) is 0.345. The highest BCUT2D eigenvalue weighted by Crippen LogP contribution is 2.29. The minimum absolute atomic E-state index is 0.529. The van der Waals surface area contributed by atoms with Gasteiger partial charge in [-0.15, -0.1) is 0 Å². The van der Waals surface area contributed by atoms with Crippen LogP contribution in [0.25, 0.3) is 28.0 Å². The first-order valence-electron chi connectivity index (χ1n) is 7.16. The van der Waals surface area contributed by atoms with E-state index < -0.39 is 0 Å². The van der Waals surface area contributed by atoms with Gasteiger partial charge >= 0.3 is 0 Å². The van der Waals surface area contributed by atoms with Gasteiger partial charge in [0.1, 0.15) is 0 Å². The summed E-state index contributed by atoms with van der Waals surface area (Å²) in [5.74, 6) is 0. The Morgan fingerprint density at radius 2 is 1.52 bits per heavy atom. The third-order valence-corrected chi connectivity index (χ3v) is 5.09. The number of hydrogen-bond acceptors (Lipinski definition) is 2. The number of nitrogens with zero attached hydrogens (tertiary/aromatic N) is 2. The maximum atomic E-state index is 5.48. The molecule has 3 nitrogen and oxygen atoms in total. The van der Waals surface area contributed by atoms with Crippen molar-refractivity contribution >= 4 is 40.3 Å². The van der Waals surface area contributed by atoms with Crippen LogP contribution >= 0.6 is 34.8 Å². The molecule has 0 saturated carbocycles. The van der Waals surface area contributed by atoms with Crippen LogP contribution in [0.15, 0.2) is 66.7 Å². The molecule has 0 radical (unpaired) electrons. The molecule has 23 heavy (non-hydrogen) atoms. The van der Waals surface area contributed by atoms with Gasteiger partial charge in [-0.2, -0.15) is 0 Å². The van der Waals surface area contributed by atoms with Crippen molar-refractivity contribution in [3.63, 3.8) is 0 Å². The predicted octanol–water partition coefficient (Wildman–Crippen LogP) is 5.33. The highest BCUT2D eigenvalue weighted by molar-refractivity contribution is 14.1. The molecule has 0 bridgehead atoms. The average molecular weight is 429 g/mol. The summed E-state index contributed by atoms with van der Waals surface area (Å²) < 4.78 is 3.53. The zero-order chi connectivity index (χ0) is 15.8. The molecular formula is C18H12IN3S. The fourth-order valence-electron chi connectivity index (χ4n) is 2.59. The van der Waals surface area contributed by atoms with Crippen molar-refractivity contribution in [3.05, 3.63) is 75.1 Å². The minimum Gasteiger partial charge on any atom is -0.290 e. The third kappa shape index (κ3) is 2.60. The Bertz CT molecular complexity index is 1040. The largest absolute Gasteiger partial charge is 0.290 e. The van der Waals surface area contributed by atoms with E-state index in [-0.39, 0.29) is 0 Å². The van der Waals surface area contributed by atoms with E-state index in [0.29, 0.717) is 4.77 Å². The summed E-state index contributed by atoms with van der Waals surface area (Å²) in [4.78, 5) is 4.56. The van der Waals surface area contributed by atoms with Crippen molar-refractivity contribution < 1.29 is 0 Å². The summed E-state index contributed by atoms with van der Waals surface area (Å²) in [6.07, 6.45) is 0. The molecule has 0 spiro atoms. The number of halogens is 1. The van der Waals surface area contributed by atoms with Crippen LogP contribution in [0.1, 0.15) is 0 Å². The highest BCUT2D eigenvalue weighted by atomic mass is 127. The van der Waals surface area contributed by atoms with E-state index in [1.165, 1.54) is 0 Å². The molecule has 0 fully saturated rings. The van der Waals surface area contributed by atoms with Crippen LogP contribution in [0.4, 0.5) is 0 Å². The SMILES string of the molecule is S=c1nc(-c2ccccc2)cc2c(I)c(-c3ccccc3)[nH]n12. The third-order valence-electron chi connectivity index (χ3n) is 3.72. The number of hydrogen-bond donors (Lipinski definition) is 1. The summed E-state index contributed by atoms with van der Waals surface area (Å²) in [6.45, 7) is 0. The lowest BCUT2D eigenvalue weighted by atomic mass is 10.1. The van der Waals surface area contributed by atoms with Gasteiger partial charge in [0.15, 0.2) is 0 Å². The summed E-state index contributed by atoms with van der Waals surface area (Å²) in [5, 5.41) is 3.37. The van der Waals surface area contributed by atoms with E-state index in [0.717, 1.165) is 31.6 Å². The molecule has 0 aliphatic heterocycles. The van der Waals surface area contributed by atoms with Crippen LogP contribution < -0.4 is 0 Å². The zero-order valence-corrected chi connectivity index (χ0v) is 15.0. The Morgan fingerprint density at radius 1 is 0.913 bits per heavy atom. The Labute approximate surface area is 152 Å². The van der Waals surface area contributed by atoms with Gasteiger partial charge in [0.25, 0.3) is 0 Å². The summed E-state index contributed by atoms with van der Waals surface area (Å²) in [5.41, 5.74) is 5.20. The molecule has 0 atom stereocenters. The number of benzene rings is 2. The Balaban J connectivity index is 1.97. The zero-order valence-electron chi connectivity index (χ0n) is 12.0. The predicted molar refractivity (Wildman–Crippen MR) is 104 cm³/mol. The Hall–Kier alpha value is -1.99.